The van der Waals surface area contributed by atoms with Gasteiger partial charge >= 0.3 is 0 Å². The van der Waals surface area contributed by atoms with Gasteiger partial charge in [-0.25, -0.2) is 0 Å². The standard InChI is InChI=1S/C15H23NO/c1-11-5-3-7-13(11)9-16-10-14-8-4-6-12(2)15(14)17/h4,6,8,11,13,16-17H,3,5,7,9-10H2,1-2H3. The van der Waals surface area contributed by atoms with Gasteiger partial charge in [0.15, 0.2) is 0 Å². The maximum Gasteiger partial charge on any atom is 0.122 e. The Labute approximate surface area is 104 Å². The lowest BCUT2D eigenvalue weighted by molar-refractivity contribution is 0.389. The third-order valence-corrected chi connectivity index (χ3v) is 4.08. The molecular weight excluding hydrogens is 210 g/mol. The molecule has 1 aliphatic rings. The van der Waals surface area contributed by atoms with Crippen LogP contribution in [0.4, 0.5) is 0 Å². The van der Waals surface area contributed by atoms with Crippen LogP contribution in [0.2, 0.25) is 0 Å². The summed E-state index contributed by atoms with van der Waals surface area (Å²) in [5, 5.41) is 13.4. The van der Waals surface area contributed by atoms with E-state index in [-0.39, 0.29) is 0 Å². The van der Waals surface area contributed by atoms with Gasteiger partial charge in [0.2, 0.25) is 0 Å². The van der Waals surface area contributed by atoms with Gasteiger partial charge in [0.05, 0.1) is 0 Å². The number of rotatable bonds is 4. The molecule has 0 aromatic heterocycles. The molecule has 0 aliphatic heterocycles. The number of aromatic hydroxyl groups is 1. The Morgan fingerprint density at radius 3 is 2.88 bits per heavy atom. The number of para-hydroxylation sites is 1. The average molecular weight is 233 g/mol. The zero-order valence-electron chi connectivity index (χ0n) is 10.9. The number of benzene rings is 1. The predicted octanol–water partition coefficient (Wildman–Crippen LogP) is 3.23. The van der Waals surface area contributed by atoms with Crippen LogP contribution in [0.15, 0.2) is 18.2 Å². The van der Waals surface area contributed by atoms with Crippen molar-refractivity contribution in [3.8, 4) is 5.75 Å². The average Bonchev–Trinajstić information content (AvgIpc) is 2.71. The molecule has 17 heavy (non-hydrogen) atoms. The van der Waals surface area contributed by atoms with E-state index in [1.807, 2.05) is 25.1 Å². The smallest absolute Gasteiger partial charge is 0.122 e. The molecule has 1 fully saturated rings. The number of aryl methyl sites for hydroxylation is 1. The van der Waals surface area contributed by atoms with Gasteiger partial charge in [0.25, 0.3) is 0 Å². The predicted molar refractivity (Wildman–Crippen MR) is 71.1 cm³/mol. The second-order valence-electron chi connectivity index (χ2n) is 5.38. The first-order chi connectivity index (χ1) is 8.18. The van der Waals surface area contributed by atoms with Crippen LogP contribution in [0.3, 0.4) is 0 Å². The fourth-order valence-corrected chi connectivity index (χ4v) is 2.78. The highest BCUT2D eigenvalue weighted by atomic mass is 16.3. The first-order valence-corrected chi connectivity index (χ1v) is 6.66. The monoisotopic (exact) mass is 233 g/mol. The van der Waals surface area contributed by atoms with Gasteiger partial charge in [-0.15, -0.1) is 0 Å². The Morgan fingerprint density at radius 2 is 2.18 bits per heavy atom. The lowest BCUT2D eigenvalue weighted by atomic mass is 9.98. The molecule has 1 aromatic carbocycles. The van der Waals surface area contributed by atoms with Crippen molar-refractivity contribution in [1.29, 1.82) is 0 Å². The first-order valence-electron chi connectivity index (χ1n) is 6.66. The molecule has 1 aliphatic carbocycles. The molecule has 2 rings (SSSR count). The molecule has 2 N–H and O–H groups in total. The lowest BCUT2D eigenvalue weighted by Crippen LogP contribution is -2.24. The summed E-state index contributed by atoms with van der Waals surface area (Å²) in [5.74, 6) is 2.12. The summed E-state index contributed by atoms with van der Waals surface area (Å²) in [6, 6.07) is 5.94. The molecule has 2 unspecified atom stereocenters. The minimum atomic E-state index is 0.444. The second kappa shape index (κ2) is 5.54. The molecule has 0 radical (unpaired) electrons. The van der Waals surface area contributed by atoms with Crippen LogP contribution < -0.4 is 5.32 Å². The van der Waals surface area contributed by atoms with Crippen molar-refractivity contribution in [3.05, 3.63) is 29.3 Å². The maximum absolute atomic E-state index is 9.90. The van der Waals surface area contributed by atoms with Crippen LogP contribution in [-0.4, -0.2) is 11.7 Å². The molecule has 2 nitrogen and oxygen atoms in total. The van der Waals surface area contributed by atoms with Crippen LogP contribution >= 0.6 is 0 Å². The van der Waals surface area contributed by atoms with E-state index in [1.54, 1.807) is 0 Å². The molecule has 1 saturated carbocycles. The Hall–Kier alpha value is -1.02. The molecule has 0 spiro atoms. The van der Waals surface area contributed by atoms with Gasteiger partial charge in [-0.2, -0.15) is 0 Å². The first kappa shape index (κ1) is 12.4. The van der Waals surface area contributed by atoms with Crippen molar-refractivity contribution in [3.63, 3.8) is 0 Å². The molecule has 0 heterocycles. The van der Waals surface area contributed by atoms with Crippen molar-refractivity contribution in [2.45, 2.75) is 39.7 Å². The zero-order valence-corrected chi connectivity index (χ0v) is 10.9. The quantitative estimate of drug-likeness (QED) is 0.837. The van der Waals surface area contributed by atoms with Gasteiger partial charge in [0.1, 0.15) is 5.75 Å². The molecule has 94 valence electrons. The summed E-state index contributed by atoms with van der Waals surface area (Å²) >= 11 is 0. The van der Waals surface area contributed by atoms with Crippen molar-refractivity contribution in [2.24, 2.45) is 11.8 Å². The van der Waals surface area contributed by atoms with Crippen LogP contribution in [0.1, 0.15) is 37.3 Å². The topological polar surface area (TPSA) is 32.3 Å². The largest absolute Gasteiger partial charge is 0.507 e. The van der Waals surface area contributed by atoms with Crippen molar-refractivity contribution in [1.82, 2.24) is 5.32 Å². The van der Waals surface area contributed by atoms with Crippen LogP contribution in [0, 0.1) is 18.8 Å². The Bertz CT molecular complexity index is 375. The van der Waals surface area contributed by atoms with Gasteiger partial charge in [-0.05, 0) is 37.3 Å². The summed E-state index contributed by atoms with van der Waals surface area (Å²) in [5.41, 5.74) is 1.97. The maximum atomic E-state index is 9.90. The molecule has 0 bridgehead atoms. The molecule has 0 saturated heterocycles. The highest BCUT2D eigenvalue weighted by Gasteiger charge is 2.22. The van der Waals surface area contributed by atoms with Crippen LogP contribution in [-0.2, 0) is 6.54 Å². The lowest BCUT2D eigenvalue weighted by Gasteiger charge is -2.16. The fourth-order valence-electron chi connectivity index (χ4n) is 2.78. The van der Waals surface area contributed by atoms with Gasteiger partial charge in [-0.1, -0.05) is 38.0 Å². The Kier molecular flexibility index (Phi) is 4.06. The van der Waals surface area contributed by atoms with E-state index < -0.39 is 0 Å². The number of hydrogen-bond acceptors (Lipinski definition) is 2. The van der Waals surface area contributed by atoms with E-state index in [4.69, 9.17) is 0 Å². The zero-order chi connectivity index (χ0) is 12.3. The number of nitrogens with one attached hydrogen (secondary N) is 1. The van der Waals surface area contributed by atoms with Crippen molar-refractivity contribution >= 4 is 0 Å². The normalized spacial score (nSPS) is 24.1. The van der Waals surface area contributed by atoms with Crippen molar-refractivity contribution < 1.29 is 5.11 Å². The third-order valence-electron chi connectivity index (χ3n) is 4.08. The molecule has 2 heteroatoms. The summed E-state index contributed by atoms with van der Waals surface area (Å²) < 4.78 is 0. The fraction of sp³-hybridized carbons (Fsp3) is 0.600. The van der Waals surface area contributed by atoms with Gasteiger partial charge in [-0.3, -0.25) is 0 Å². The Morgan fingerprint density at radius 1 is 1.35 bits per heavy atom. The van der Waals surface area contributed by atoms with E-state index in [0.717, 1.165) is 36.1 Å². The highest BCUT2D eigenvalue weighted by molar-refractivity contribution is 5.39. The molecular formula is C15H23NO. The SMILES string of the molecule is Cc1cccc(CNCC2CCCC2C)c1O. The van der Waals surface area contributed by atoms with Crippen molar-refractivity contribution in [2.75, 3.05) is 6.54 Å². The molecule has 0 amide bonds. The number of phenols is 1. The second-order valence-corrected chi connectivity index (χ2v) is 5.38. The van der Waals surface area contributed by atoms with Crippen LogP contribution in [0.25, 0.3) is 0 Å². The van der Waals surface area contributed by atoms with E-state index in [1.165, 1.54) is 19.3 Å². The Balaban J connectivity index is 1.84. The summed E-state index contributed by atoms with van der Waals surface area (Å²) in [4.78, 5) is 0. The minimum absolute atomic E-state index is 0.444. The highest BCUT2D eigenvalue weighted by Crippen LogP contribution is 2.30. The summed E-state index contributed by atoms with van der Waals surface area (Å²) in [6.45, 7) is 6.15. The minimum Gasteiger partial charge on any atom is -0.507 e. The summed E-state index contributed by atoms with van der Waals surface area (Å²) in [7, 11) is 0. The third kappa shape index (κ3) is 3.01. The summed E-state index contributed by atoms with van der Waals surface area (Å²) in [6.07, 6.45) is 4.11. The molecule has 2 atom stereocenters. The number of phenolic OH excluding ortho intramolecular Hbond substituents is 1. The number of hydrogen-bond donors (Lipinski definition) is 2. The van der Waals surface area contributed by atoms with E-state index in [9.17, 15) is 5.11 Å². The van der Waals surface area contributed by atoms with E-state index >= 15 is 0 Å². The van der Waals surface area contributed by atoms with Crippen LogP contribution in [0.5, 0.6) is 5.75 Å². The van der Waals surface area contributed by atoms with Gasteiger partial charge in [0, 0.05) is 12.1 Å². The molecule has 1 aromatic rings. The van der Waals surface area contributed by atoms with Gasteiger partial charge < -0.3 is 10.4 Å². The van der Waals surface area contributed by atoms with E-state index in [0.29, 0.717) is 5.75 Å². The van der Waals surface area contributed by atoms with E-state index in [2.05, 4.69) is 12.2 Å².